The SMILES string of the molecule is O=C1N[C@@H](Cc2c[nH]c3ccccc23)CN1Cc1cc(C(F)(F)F)cc(C(F)(F)F)c1. The standard InChI is InChI=1S/C21H17F6N3O/c22-20(23,24)14-5-12(6-15(8-14)21(25,26)27)10-30-11-16(29-19(30)31)7-13-9-28-18-4-2-1-3-17(13)18/h1-6,8-9,16,28H,7,10-11H2,(H,29,31)/t16-/m0/s1. The molecule has 1 aromatic heterocycles. The molecular formula is C21H17F6N3O. The summed E-state index contributed by atoms with van der Waals surface area (Å²) >= 11 is 0. The van der Waals surface area contributed by atoms with Crippen LogP contribution in [0.4, 0.5) is 31.1 Å². The monoisotopic (exact) mass is 441 g/mol. The molecule has 10 heteroatoms. The lowest BCUT2D eigenvalue weighted by atomic mass is 10.0. The minimum absolute atomic E-state index is 0.0768. The number of fused-ring (bicyclic) bond motifs is 1. The van der Waals surface area contributed by atoms with Crippen LogP contribution in [-0.2, 0) is 25.3 Å². The van der Waals surface area contributed by atoms with Gasteiger partial charge in [-0.05, 0) is 41.8 Å². The highest BCUT2D eigenvalue weighted by Gasteiger charge is 2.37. The highest BCUT2D eigenvalue weighted by Crippen LogP contribution is 2.36. The Morgan fingerprint density at radius 2 is 1.61 bits per heavy atom. The van der Waals surface area contributed by atoms with E-state index in [0.717, 1.165) is 16.5 Å². The number of rotatable bonds is 4. The van der Waals surface area contributed by atoms with Gasteiger partial charge in [-0.25, -0.2) is 4.79 Å². The van der Waals surface area contributed by atoms with Crippen molar-refractivity contribution in [2.75, 3.05) is 6.54 Å². The molecule has 2 amide bonds. The molecule has 1 fully saturated rings. The molecule has 31 heavy (non-hydrogen) atoms. The smallest absolute Gasteiger partial charge is 0.361 e. The highest BCUT2D eigenvalue weighted by atomic mass is 19.4. The zero-order chi connectivity index (χ0) is 22.4. The molecule has 4 rings (SSSR count). The molecule has 0 aliphatic carbocycles. The van der Waals surface area contributed by atoms with Gasteiger partial charge in [0.15, 0.2) is 0 Å². The molecule has 3 aromatic rings. The van der Waals surface area contributed by atoms with Gasteiger partial charge < -0.3 is 15.2 Å². The van der Waals surface area contributed by atoms with Crippen LogP contribution in [0.2, 0.25) is 0 Å². The van der Waals surface area contributed by atoms with E-state index in [1.165, 1.54) is 4.90 Å². The zero-order valence-electron chi connectivity index (χ0n) is 15.9. The number of amides is 2. The number of urea groups is 1. The van der Waals surface area contributed by atoms with E-state index in [2.05, 4.69) is 10.3 Å². The molecule has 0 unspecified atom stereocenters. The van der Waals surface area contributed by atoms with E-state index in [1.54, 1.807) is 0 Å². The number of alkyl halides is 6. The van der Waals surface area contributed by atoms with Crippen molar-refractivity contribution in [1.29, 1.82) is 0 Å². The normalized spacial score (nSPS) is 17.4. The number of aromatic nitrogens is 1. The van der Waals surface area contributed by atoms with Crippen LogP contribution in [0, 0.1) is 0 Å². The topological polar surface area (TPSA) is 48.1 Å². The lowest BCUT2D eigenvalue weighted by Gasteiger charge is -2.18. The van der Waals surface area contributed by atoms with Crippen LogP contribution in [0.3, 0.4) is 0 Å². The first-order valence-electron chi connectivity index (χ1n) is 9.39. The Kier molecular flexibility index (Phi) is 5.10. The van der Waals surface area contributed by atoms with Crippen molar-refractivity contribution in [3.63, 3.8) is 0 Å². The van der Waals surface area contributed by atoms with E-state index in [4.69, 9.17) is 0 Å². The Bertz CT molecular complexity index is 1090. The van der Waals surface area contributed by atoms with Crippen LogP contribution in [0.15, 0.2) is 48.7 Å². The molecule has 2 heterocycles. The van der Waals surface area contributed by atoms with Gasteiger partial charge in [-0.15, -0.1) is 0 Å². The van der Waals surface area contributed by atoms with Crippen LogP contribution < -0.4 is 5.32 Å². The van der Waals surface area contributed by atoms with Crippen molar-refractivity contribution in [3.05, 3.63) is 70.9 Å². The van der Waals surface area contributed by atoms with Gasteiger partial charge in [0.05, 0.1) is 17.2 Å². The Morgan fingerprint density at radius 1 is 0.968 bits per heavy atom. The fraction of sp³-hybridized carbons (Fsp3) is 0.286. The summed E-state index contributed by atoms with van der Waals surface area (Å²) in [6.45, 7) is -0.195. The van der Waals surface area contributed by atoms with Gasteiger partial charge in [-0.3, -0.25) is 0 Å². The molecule has 2 aromatic carbocycles. The third-order valence-electron chi connectivity index (χ3n) is 5.22. The number of carbonyl (C=O) groups excluding carboxylic acids is 1. The van der Waals surface area contributed by atoms with Gasteiger partial charge in [-0.2, -0.15) is 26.3 Å². The van der Waals surface area contributed by atoms with Crippen molar-refractivity contribution in [1.82, 2.24) is 15.2 Å². The molecule has 2 N–H and O–H groups in total. The minimum Gasteiger partial charge on any atom is -0.361 e. The molecule has 0 saturated carbocycles. The molecule has 1 saturated heterocycles. The average molecular weight is 441 g/mol. The number of hydrogen-bond donors (Lipinski definition) is 2. The fourth-order valence-corrected chi connectivity index (χ4v) is 3.81. The Morgan fingerprint density at radius 3 is 2.26 bits per heavy atom. The maximum atomic E-state index is 13.1. The highest BCUT2D eigenvalue weighted by molar-refractivity contribution is 5.83. The van der Waals surface area contributed by atoms with Gasteiger partial charge in [0.25, 0.3) is 0 Å². The lowest BCUT2D eigenvalue weighted by molar-refractivity contribution is -0.143. The van der Waals surface area contributed by atoms with E-state index in [-0.39, 0.29) is 30.8 Å². The Hall–Kier alpha value is -3.17. The van der Waals surface area contributed by atoms with Crippen molar-refractivity contribution < 1.29 is 31.1 Å². The van der Waals surface area contributed by atoms with Crippen LogP contribution in [0.5, 0.6) is 0 Å². The second-order valence-electron chi connectivity index (χ2n) is 7.50. The van der Waals surface area contributed by atoms with E-state index < -0.39 is 29.5 Å². The maximum absolute atomic E-state index is 13.1. The lowest BCUT2D eigenvalue weighted by Crippen LogP contribution is -2.29. The van der Waals surface area contributed by atoms with E-state index in [9.17, 15) is 31.1 Å². The van der Waals surface area contributed by atoms with Crippen molar-refractivity contribution >= 4 is 16.9 Å². The summed E-state index contributed by atoms with van der Waals surface area (Å²) in [5.41, 5.74) is -1.13. The number of nitrogens with zero attached hydrogens (tertiary/aromatic N) is 1. The van der Waals surface area contributed by atoms with Crippen molar-refractivity contribution in [2.45, 2.75) is 31.4 Å². The number of benzene rings is 2. The number of aromatic amines is 1. The quantitative estimate of drug-likeness (QED) is 0.528. The van der Waals surface area contributed by atoms with Crippen LogP contribution in [0.1, 0.15) is 22.3 Å². The summed E-state index contributed by atoms with van der Waals surface area (Å²) in [4.78, 5) is 16.7. The van der Waals surface area contributed by atoms with E-state index in [0.29, 0.717) is 18.6 Å². The molecule has 0 radical (unpaired) electrons. The molecule has 4 nitrogen and oxygen atoms in total. The average Bonchev–Trinajstić information content (AvgIpc) is 3.24. The molecule has 1 aliphatic rings. The largest absolute Gasteiger partial charge is 0.416 e. The van der Waals surface area contributed by atoms with Gasteiger partial charge >= 0.3 is 18.4 Å². The fourth-order valence-electron chi connectivity index (χ4n) is 3.81. The zero-order valence-corrected chi connectivity index (χ0v) is 15.9. The number of hydrogen-bond acceptors (Lipinski definition) is 1. The van der Waals surface area contributed by atoms with Crippen LogP contribution in [0.25, 0.3) is 10.9 Å². The van der Waals surface area contributed by atoms with Crippen LogP contribution in [-0.4, -0.2) is 28.5 Å². The van der Waals surface area contributed by atoms with Crippen molar-refractivity contribution in [2.24, 2.45) is 0 Å². The Balaban J connectivity index is 1.52. The first-order valence-corrected chi connectivity index (χ1v) is 9.39. The predicted molar refractivity (Wildman–Crippen MR) is 101 cm³/mol. The van der Waals surface area contributed by atoms with Gasteiger partial charge in [0, 0.05) is 30.2 Å². The number of para-hydroxylation sites is 1. The van der Waals surface area contributed by atoms with Crippen LogP contribution >= 0.6 is 0 Å². The van der Waals surface area contributed by atoms with Gasteiger partial charge in [0.2, 0.25) is 0 Å². The van der Waals surface area contributed by atoms with E-state index in [1.807, 2.05) is 30.5 Å². The third kappa shape index (κ3) is 4.47. The number of halogens is 6. The van der Waals surface area contributed by atoms with Crippen molar-refractivity contribution in [3.8, 4) is 0 Å². The number of carbonyl (C=O) groups is 1. The molecule has 1 atom stereocenters. The molecule has 164 valence electrons. The molecule has 0 bridgehead atoms. The summed E-state index contributed by atoms with van der Waals surface area (Å²) in [7, 11) is 0. The minimum atomic E-state index is -4.93. The number of nitrogens with one attached hydrogen (secondary N) is 2. The first kappa shape index (κ1) is 21.1. The maximum Gasteiger partial charge on any atom is 0.416 e. The summed E-state index contributed by atoms with van der Waals surface area (Å²) in [5, 5.41) is 3.73. The molecular weight excluding hydrogens is 424 g/mol. The molecule has 0 spiro atoms. The Labute approximate surface area is 172 Å². The predicted octanol–water partition coefficient (Wildman–Crippen LogP) is 5.34. The summed E-state index contributed by atoms with van der Waals surface area (Å²) in [5.74, 6) is 0. The number of H-pyrrole nitrogens is 1. The summed E-state index contributed by atoms with van der Waals surface area (Å²) in [6.07, 6.45) is -7.56. The first-order chi connectivity index (χ1) is 14.5. The summed E-state index contributed by atoms with van der Waals surface area (Å²) < 4.78 is 78.4. The molecule has 1 aliphatic heterocycles. The summed E-state index contributed by atoms with van der Waals surface area (Å²) in [6, 6.07) is 8.12. The second kappa shape index (κ2) is 7.51. The van der Waals surface area contributed by atoms with E-state index >= 15 is 0 Å². The second-order valence-corrected chi connectivity index (χ2v) is 7.50. The van der Waals surface area contributed by atoms with Gasteiger partial charge in [0.1, 0.15) is 0 Å². The third-order valence-corrected chi connectivity index (χ3v) is 5.22. The van der Waals surface area contributed by atoms with Gasteiger partial charge in [-0.1, -0.05) is 18.2 Å².